The number of aryl methyl sites for hydroxylation is 1. The Kier molecular flexibility index (Phi) is 3.39. The standard InChI is InChI=1S/C20H17NS/c1-14-13-18(22-20(14)16-7-3-2-4-8-16)19(15-10-11-15)17-9-5-6-12-21-17/h2-9,12-13H,10-11H2,1H3. The molecule has 0 bridgehead atoms. The molecule has 22 heavy (non-hydrogen) atoms. The first-order chi connectivity index (χ1) is 10.8. The molecule has 3 aromatic rings. The van der Waals surface area contributed by atoms with E-state index >= 15 is 0 Å². The second-order valence-electron chi connectivity index (χ2n) is 5.68. The van der Waals surface area contributed by atoms with Crippen LogP contribution in [0.5, 0.6) is 0 Å². The van der Waals surface area contributed by atoms with E-state index in [1.54, 1.807) is 5.57 Å². The summed E-state index contributed by atoms with van der Waals surface area (Å²) < 4.78 is 0. The lowest BCUT2D eigenvalue weighted by Crippen LogP contribution is -1.88. The van der Waals surface area contributed by atoms with Gasteiger partial charge in [-0.25, -0.2) is 0 Å². The van der Waals surface area contributed by atoms with Gasteiger partial charge in [0.25, 0.3) is 0 Å². The Morgan fingerprint density at radius 1 is 1.00 bits per heavy atom. The summed E-state index contributed by atoms with van der Waals surface area (Å²) in [5, 5.41) is 0. The summed E-state index contributed by atoms with van der Waals surface area (Å²) in [7, 11) is 0. The fourth-order valence-electron chi connectivity index (χ4n) is 2.79. The van der Waals surface area contributed by atoms with Gasteiger partial charge in [0.15, 0.2) is 0 Å². The molecule has 1 aromatic carbocycles. The van der Waals surface area contributed by atoms with Crippen LogP contribution in [-0.2, 0) is 0 Å². The fourth-order valence-corrected chi connectivity index (χ4v) is 4.07. The summed E-state index contributed by atoms with van der Waals surface area (Å²) in [4.78, 5) is 7.29. The maximum atomic E-state index is 4.58. The van der Waals surface area contributed by atoms with Crippen LogP contribution in [0, 0.1) is 6.92 Å². The first kappa shape index (κ1) is 13.5. The third-order valence-electron chi connectivity index (χ3n) is 3.97. The smallest absolute Gasteiger partial charge is 0.0715 e. The molecule has 0 N–H and O–H groups in total. The van der Waals surface area contributed by atoms with Gasteiger partial charge >= 0.3 is 0 Å². The monoisotopic (exact) mass is 303 g/mol. The van der Waals surface area contributed by atoms with Crippen LogP contribution in [0.25, 0.3) is 16.0 Å². The van der Waals surface area contributed by atoms with Crippen molar-refractivity contribution in [3.8, 4) is 10.4 Å². The molecule has 1 saturated carbocycles. The van der Waals surface area contributed by atoms with Gasteiger partial charge in [0.05, 0.1) is 5.69 Å². The zero-order valence-electron chi connectivity index (χ0n) is 12.5. The van der Waals surface area contributed by atoms with Gasteiger partial charge in [-0.1, -0.05) is 42.0 Å². The molecule has 4 rings (SSSR count). The average Bonchev–Trinajstić information content (AvgIpc) is 3.32. The zero-order valence-corrected chi connectivity index (χ0v) is 13.4. The highest BCUT2D eigenvalue weighted by molar-refractivity contribution is 7.16. The predicted octanol–water partition coefficient (Wildman–Crippen LogP) is 5.71. The van der Waals surface area contributed by atoms with Gasteiger partial charge in [-0.2, -0.15) is 0 Å². The minimum absolute atomic E-state index is 1.11. The number of hydrogen-bond acceptors (Lipinski definition) is 2. The van der Waals surface area contributed by atoms with Crippen LogP contribution < -0.4 is 0 Å². The molecule has 108 valence electrons. The van der Waals surface area contributed by atoms with Crippen molar-refractivity contribution in [2.24, 2.45) is 0 Å². The van der Waals surface area contributed by atoms with Crippen LogP contribution in [0.1, 0.15) is 29.0 Å². The van der Waals surface area contributed by atoms with Crippen molar-refractivity contribution in [3.05, 3.63) is 82.5 Å². The fraction of sp³-hybridized carbons (Fsp3) is 0.150. The number of nitrogens with zero attached hydrogens (tertiary/aromatic N) is 1. The maximum absolute atomic E-state index is 4.58. The van der Waals surface area contributed by atoms with Crippen molar-refractivity contribution < 1.29 is 0 Å². The lowest BCUT2D eigenvalue weighted by Gasteiger charge is -2.04. The lowest BCUT2D eigenvalue weighted by atomic mass is 10.1. The molecular formula is C20H17NS. The van der Waals surface area contributed by atoms with Gasteiger partial charge in [-0.05, 0) is 49.1 Å². The SMILES string of the molecule is Cc1cc(C(=C2CC2)c2ccccn2)sc1-c1ccccc1. The quantitative estimate of drug-likeness (QED) is 0.603. The van der Waals surface area contributed by atoms with E-state index in [0.29, 0.717) is 0 Å². The molecule has 0 spiro atoms. The molecule has 1 aliphatic carbocycles. The highest BCUT2D eigenvalue weighted by Gasteiger charge is 2.23. The predicted molar refractivity (Wildman–Crippen MR) is 94.0 cm³/mol. The van der Waals surface area contributed by atoms with Gasteiger partial charge < -0.3 is 0 Å². The lowest BCUT2D eigenvalue weighted by molar-refractivity contribution is 1.27. The number of hydrogen-bond donors (Lipinski definition) is 0. The molecule has 0 unspecified atom stereocenters. The van der Waals surface area contributed by atoms with Crippen LogP contribution in [0.2, 0.25) is 0 Å². The normalized spacial score (nSPS) is 13.2. The van der Waals surface area contributed by atoms with Crippen LogP contribution in [0.3, 0.4) is 0 Å². The highest BCUT2D eigenvalue weighted by atomic mass is 32.1. The van der Waals surface area contributed by atoms with E-state index in [1.807, 2.05) is 23.6 Å². The summed E-state index contributed by atoms with van der Waals surface area (Å²) in [6.45, 7) is 2.20. The molecule has 0 radical (unpaired) electrons. The van der Waals surface area contributed by atoms with E-state index in [9.17, 15) is 0 Å². The number of allylic oxidation sites excluding steroid dienone is 1. The summed E-state index contributed by atoms with van der Waals surface area (Å²) in [6.07, 6.45) is 4.31. The Morgan fingerprint density at radius 2 is 1.77 bits per heavy atom. The van der Waals surface area contributed by atoms with E-state index in [2.05, 4.69) is 60.4 Å². The van der Waals surface area contributed by atoms with E-state index in [4.69, 9.17) is 0 Å². The van der Waals surface area contributed by atoms with Crippen molar-refractivity contribution >= 4 is 16.9 Å². The third kappa shape index (κ3) is 2.51. The molecule has 1 aliphatic rings. The number of benzene rings is 1. The van der Waals surface area contributed by atoms with Gasteiger partial charge in [-0.15, -0.1) is 11.3 Å². The van der Waals surface area contributed by atoms with Gasteiger partial charge in [0, 0.05) is 21.5 Å². The molecule has 0 saturated heterocycles. The Labute approximate surface area is 135 Å². The Bertz CT molecular complexity index is 823. The first-order valence-corrected chi connectivity index (χ1v) is 8.44. The van der Waals surface area contributed by atoms with Crippen molar-refractivity contribution in [2.75, 3.05) is 0 Å². The van der Waals surface area contributed by atoms with Crippen molar-refractivity contribution in [3.63, 3.8) is 0 Å². The van der Waals surface area contributed by atoms with Gasteiger partial charge in [0.1, 0.15) is 0 Å². The average molecular weight is 303 g/mol. The molecule has 0 amide bonds. The van der Waals surface area contributed by atoms with Gasteiger partial charge in [0.2, 0.25) is 0 Å². The second kappa shape index (κ2) is 5.54. The molecule has 0 atom stereocenters. The van der Waals surface area contributed by atoms with E-state index < -0.39 is 0 Å². The van der Waals surface area contributed by atoms with Crippen LogP contribution in [-0.4, -0.2) is 4.98 Å². The molecule has 2 aromatic heterocycles. The molecule has 0 aliphatic heterocycles. The number of rotatable bonds is 3. The molecule has 1 nitrogen and oxygen atoms in total. The summed E-state index contributed by atoms with van der Waals surface area (Å²) in [5.41, 5.74) is 6.66. The Morgan fingerprint density at radius 3 is 2.45 bits per heavy atom. The van der Waals surface area contributed by atoms with Crippen molar-refractivity contribution in [1.29, 1.82) is 0 Å². The number of pyridine rings is 1. The highest BCUT2D eigenvalue weighted by Crippen LogP contribution is 2.44. The first-order valence-electron chi connectivity index (χ1n) is 7.62. The zero-order chi connectivity index (χ0) is 14.9. The minimum Gasteiger partial charge on any atom is -0.256 e. The van der Waals surface area contributed by atoms with Crippen molar-refractivity contribution in [2.45, 2.75) is 19.8 Å². The van der Waals surface area contributed by atoms with Crippen LogP contribution in [0.4, 0.5) is 0 Å². The van der Waals surface area contributed by atoms with Crippen molar-refractivity contribution in [1.82, 2.24) is 4.98 Å². The third-order valence-corrected chi connectivity index (χ3v) is 5.28. The molecule has 2 heteroatoms. The largest absolute Gasteiger partial charge is 0.256 e. The summed E-state index contributed by atoms with van der Waals surface area (Å²) in [6, 6.07) is 19.2. The molecular weight excluding hydrogens is 286 g/mol. The van der Waals surface area contributed by atoms with E-state index in [-0.39, 0.29) is 0 Å². The minimum atomic E-state index is 1.11. The Balaban J connectivity index is 1.82. The van der Waals surface area contributed by atoms with E-state index in [0.717, 1.165) is 5.69 Å². The Hall–Kier alpha value is -2.19. The second-order valence-corrected chi connectivity index (χ2v) is 6.73. The van der Waals surface area contributed by atoms with E-state index in [1.165, 1.54) is 39.3 Å². The number of aromatic nitrogens is 1. The maximum Gasteiger partial charge on any atom is 0.0715 e. The number of thiophene rings is 1. The topological polar surface area (TPSA) is 12.9 Å². The van der Waals surface area contributed by atoms with Gasteiger partial charge in [-0.3, -0.25) is 4.98 Å². The van der Waals surface area contributed by atoms with Crippen LogP contribution >= 0.6 is 11.3 Å². The molecule has 2 heterocycles. The molecule has 1 fully saturated rings. The summed E-state index contributed by atoms with van der Waals surface area (Å²) >= 11 is 1.89. The summed E-state index contributed by atoms with van der Waals surface area (Å²) in [5.74, 6) is 0. The van der Waals surface area contributed by atoms with Crippen LogP contribution in [0.15, 0.2) is 66.4 Å².